The van der Waals surface area contributed by atoms with E-state index in [-0.39, 0.29) is 5.41 Å². The van der Waals surface area contributed by atoms with E-state index in [1.54, 1.807) is 12.1 Å². The van der Waals surface area contributed by atoms with Gasteiger partial charge < -0.3 is 9.47 Å². The zero-order valence-electron chi connectivity index (χ0n) is 12.7. The quantitative estimate of drug-likeness (QED) is 0.801. The molecule has 0 aliphatic rings. The predicted octanol–water partition coefficient (Wildman–Crippen LogP) is 3.96. The second-order valence-corrected chi connectivity index (χ2v) is 5.75. The van der Waals surface area contributed by atoms with Crippen molar-refractivity contribution in [3.8, 4) is 11.6 Å². The number of rotatable bonds is 3. The van der Waals surface area contributed by atoms with Gasteiger partial charge in [-0.25, -0.2) is 9.78 Å². The smallest absolute Gasteiger partial charge is 0.338 e. The first-order chi connectivity index (χ1) is 9.90. The van der Waals surface area contributed by atoms with Crippen LogP contribution in [0.3, 0.4) is 0 Å². The molecule has 1 aromatic carbocycles. The van der Waals surface area contributed by atoms with Crippen LogP contribution >= 0.6 is 0 Å². The highest BCUT2D eigenvalue weighted by Gasteiger charge is 2.13. The summed E-state index contributed by atoms with van der Waals surface area (Å²) in [6, 6.07) is 11.0. The van der Waals surface area contributed by atoms with Crippen molar-refractivity contribution in [3.05, 3.63) is 53.7 Å². The maximum Gasteiger partial charge on any atom is 0.338 e. The van der Waals surface area contributed by atoms with Gasteiger partial charge in [0.1, 0.15) is 5.75 Å². The molecule has 0 bridgehead atoms. The number of aromatic nitrogens is 1. The number of carbonyl (C=O) groups is 1. The summed E-state index contributed by atoms with van der Waals surface area (Å²) in [4.78, 5) is 15.6. The zero-order valence-corrected chi connectivity index (χ0v) is 12.7. The van der Waals surface area contributed by atoms with Gasteiger partial charge in [-0.2, -0.15) is 0 Å². The Morgan fingerprint density at radius 3 is 2.33 bits per heavy atom. The molecule has 0 saturated heterocycles. The topological polar surface area (TPSA) is 48.4 Å². The lowest BCUT2D eigenvalue weighted by Gasteiger charge is -2.19. The molecule has 21 heavy (non-hydrogen) atoms. The van der Waals surface area contributed by atoms with Gasteiger partial charge in [0.25, 0.3) is 0 Å². The van der Waals surface area contributed by atoms with Gasteiger partial charge in [0, 0.05) is 12.3 Å². The number of hydrogen-bond donors (Lipinski definition) is 0. The van der Waals surface area contributed by atoms with Crippen molar-refractivity contribution in [1.29, 1.82) is 0 Å². The van der Waals surface area contributed by atoms with Crippen molar-refractivity contribution in [2.45, 2.75) is 26.2 Å². The average Bonchev–Trinajstić information content (AvgIpc) is 2.46. The summed E-state index contributed by atoms with van der Waals surface area (Å²) >= 11 is 0. The molecule has 0 radical (unpaired) electrons. The number of hydrogen-bond acceptors (Lipinski definition) is 4. The first-order valence-electron chi connectivity index (χ1n) is 6.73. The molecule has 1 heterocycles. The Morgan fingerprint density at radius 2 is 1.76 bits per heavy atom. The third-order valence-corrected chi connectivity index (χ3v) is 3.10. The molecular weight excluding hydrogens is 266 g/mol. The minimum absolute atomic E-state index is 0.0988. The molecule has 0 N–H and O–H groups in total. The van der Waals surface area contributed by atoms with Crippen LogP contribution in [0, 0.1) is 0 Å². The molecule has 0 unspecified atom stereocenters. The van der Waals surface area contributed by atoms with Gasteiger partial charge in [-0.3, -0.25) is 0 Å². The summed E-state index contributed by atoms with van der Waals surface area (Å²) in [5, 5.41) is 0. The Kier molecular flexibility index (Phi) is 4.26. The number of carbonyl (C=O) groups excluding carboxylic acids is 1. The van der Waals surface area contributed by atoms with Crippen molar-refractivity contribution < 1.29 is 14.3 Å². The largest absolute Gasteiger partial charge is 0.465 e. The first kappa shape index (κ1) is 15.0. The maximum absolute atomic E-state index is 11.5. The van der Waals surface area contributed by atoms with Crippen LogP contribution in [0.15, 0.2) is 42.6 Å². The third-order valence-electron chi connectivity index (χ3n) is 3.10. The lowest BCUT2D eigenvalue weighted by Crippen LogP contribution is -2.10. The SMILES string of the molecule is COC(=O)c1ccnc(Oc2ccc(C(C)(C)C)cc2)c1. The van der Waals surface area contributed by atoms with E-state index in [1.165, 1.54) is 18.9 Å². The number of ether oxygens (including phenoxy) is 2. The van der Waals surface area contributed by atoms with E-state index in [1.807, 2.05) is 24.3 Å². The first-order valence-corrected chi connectivity index (χ1v) is 6.73. The fraction of sp³-hybridized carbons (Fsp3) is 0.294. The van der Waals surface area contributed by atoms with E-state index in [4.69, 9.17) is 4.74 Å². The normalized spacial score (nSPS) is 11.0. The highest BCUT2D eigenvalue weighted by molar-refractivity contribution is 5.89. The molecule has 0 amide bonds. The molecule has 1 aromatic heterocycles. The van der Waals surface area contributed by atoms with Gasteiger partial charge in [0.15, 0.2) is 0 Å². The molecule has 0 saturated carbocycles. The van der Waals surface area contributed by atoms with Crippen molar-refractivity contribution in [2.24, 2.45) is 0 Å². The molecule has 0 fully saturated rings. The molecule has 0 aliphatic heterocycles. The second kappa shape index (κ2) is 5.95. The van der Waals surface area contributed by atoms with Crippen LogP contribution in [0.4, 0.5) is 0 Å². The van der Waals surface area contributed by atoms with E-state index >= 15 is 0 Å². The minimum Gasteiger partial charge on any atom is -0.465 e. The van der Waals surface area contributed by atoms with E-state index in [0.29, 0.717) is 17.2 Å². The summed E-state index contributed by atoms with van der Waals surface area (Å²) < 4.78 is 10.3. The van der Waals surface area contributed by atoms with Gasteiger partial charge in [0.2, 0.25) is 5.88 Å². The lowest BCUT2D eigenvalue weighted by atomic mass is 9.87. The maximum atomic E-state index is 11.5. The van der Waals surface area contributed by atoms with Crippen LogP contribution in [0.1, 0.15) is 36.7 Å². The molecule has 4 heteroatoms. The van der Waals surface area contributed by atoms with Crippen LogP contribution < -0.4 is 4.74 Å². The van der Waals surface area contributed by atoms with Gasteiger partial charge in [-0.1, -0.05) is 32.9 Å². The highest BCUT2D eigenvalue weighted by Crippen LogP contribution is 2.26. The van der Waals surface area contributed by atoms with Crippen LogP contribution in [0.25, 0.3) is 0 Å². The van der Waals surface area contributed by atoms with Gasteiger partial charge >= 0.3 is 5.97 Å². The number of benzene rings is 1. The molecule has 0 atom stereocenters. The number of pyridine rings is 1. The van der Waals surface area contributed by atoms with Crippen LogP contribution in [0.5, 0.6) is 11.6 Å². The van der Waals surface area contributed by atoms with Crippen LogP contribution in [-0.2, 0) is 10.2 Å². The molecular formula is C17H19NO3. The van der Waals surface area contributed by atoms with Gasteiger partial charge in [-0.15, -0.1) is 0 Å². The molecule has 0 aliphatic carbocycles. The fourth-order valence-corrected chi connectivity index (χ4v) is 1.85. The molecule has 110 valence electrons. The monoisotopic (exact) mass is 285 g/mol. The van der Waals surface area contributed by atoms with Gasteiger partial charge in [0.05, 0.1) is 12.7 Å². The molecule has 0 spiro atoms. The van der Waals surface area contributed by atoms with E-state index in [9.17, 15) is 4.79 Å². The third kappa shape index (κ3) is 3.81. The summed E-state index contributed by atoms with van der Waals surface area (Å²) in [5.74, 6) is 0.629. The van der Waals surface area contributed by atoms with E-state index in [0.717, 1.165) is 0 Å². The molecule has 2 rings (SSSR count). The number of methoxy groups -OCH3 is 1. The Bertz CT molecular complexity index is 627. The predicted molar refractivity (Wildman–Crippen MR) is 80.8 cm³/mol. The minimum atomic E-state index is -0.412. The van der Waals surface area contributed by atoms with Crippen LogP contribution in [0.2, 0.25) is 0 Å². The van der Waals surface area contributed by atoms with Crippen molar-refractivity contribution in [3.63, 3.8) is 0 Å². The second-order valence-electron chi connectivity index (χ2n) is 5.75. The Morgan fingerprint density at radius 1 is 1.10 bits per heavy atom. The Balaban J connectivity index is 2.17. The molecule has 2 aromatic rings. The van der Waals surface area contributed by atoms with Crippen molar-refractivity contribution in [1.82, 2.24) is 4.98 Å². The average molecular weight is 285 g/mol. The van der Waals surface area contributed by atoms with Crippen molar-refractivity contribution >= 4 is 5.97 Å². The van der Waals surface area contributed by atoms with E-state index in [2.05, 4.69) is 30.5 Å². The summed E-state index contributed by atoms with van der Waals surface area (Å²) in [7, 11) is 1.34. The van der Waals surface area contributed by atoms with E-state index < -0.39 is 5.97 Å². The number of nitrogens with zero attached hydrogens (tertiary/aromatic N) is 1. The molecule has 4 nitrogen and oxygen atoms in total. The fourth-order valence-electron chi connectivity index (χ4n) is 1.85. The highest BCUT2D eigenvalue weighted by atomic mass is 16.5. The summed E-state index contributed by atoms with van der Waals surface area (Å²) in [5.41, 5.74) is 1.74. The van der Waals surface area contributed by atoms with Crippen LogP contribution in [-0.4, -0.2) is 18.1 Å². The standard InChI is InChI=1S/C17H19NO3/c1-17(2,3)13-5-7-14(8-6-13)21-15-11-12(9-10-18-15)16(19)20-4/h5-11H,1-4H3. The summed E-state index contributed by atoms with van der Waals surface area (Å²) in [6.45, 7) is 6.47. The number of esters is 1. The lowest BCUT2D eigenvalue weighted by molar-refractivity contribution is 0.0600. The Labute approximate surface area is 124 Å². The summed E-state index contributed by atoms with van der Waals surface area (Å²) in [6.07, 6.45) is 1.52. The zero-order chi connectivity index (χ0) is 15.5. The van der Waals surface area contributed by atoms with Gasteiger partial charge in [-0.05, 0) is 29.2 Å². The van der Waals surface area contributed by atoms with Crippen molar-refractivity contribution in [2.75, 3.05) is 7.11 Å². The Hall–Kier alpha value is -2.36.